The van der Waals surface area contributed by atoms with Crippen molar-refractivity contribution in [1.82, 2.24) is 5.32 Å². The molecule has 1 amide bonds. The highest BCUT2D eigenvalue weighted by Gasteiger charge is 2.06. The van der Waals surface area contributed by atoms with Gasteiger partial charge in [-0.05, 0) is 25.5 Å². The normalized spacial score (nSPS) is 10.1. The van der Waals surface area contributed by atoms with Gasteiger partial charge >= 0.3 is 0 Å². The van der Waals surface area contributed by atoms with Gasteiger partial charge in [0, 0.05) is 23.7 Å². The summed E-state index contributed by atoms with van der Waals surface area (Å²) in [5.74, 6) is 0.396. The SMILES string of the molecule is Cc1c(Cl)cccc1OCC(=O)NCCCO. The van der Waals surface area contributed by atoms with Crippen LogP contribution in [0.15, 0.2) is 18.2 Å². The first kappa shape index (κ1) is 13.8. The van der Waals surface area contributed by atoms with Crippen LogP contribution in [0.4, 0.5) is 0 Å². The molecule has 0 unspecified atom stereocenters. The molecule has 1 aromatic rings. The lowest BCUT2D eigenvalue weighted by Gasteiger charge is -2.10. The Morgan fingerprint density at radius 2 is 2.29 bits per heavy atom. The number of ether oxygens (including phenoxy) is 1. The Bertz CT molecular complexity index is 382. The van der Waals surface area contributed by atoms with Gasteiger partial charge in [0.05, 0.1) is 0 Å². The van der Waals surface area contributed by atoms with Crippen LogP contribution in [0.25, 0.3) is 0 Å². The number of hydrogen-bond acceptors (Lipinski definition) is 3. The van der Waals surface area contributed by atoms with Crippen LogP contribution >= 0.6 is 11.6 Å². The first-order valence-electron chi connectivity index (χ1n) is 5.40. The molecular weight excluding hydrogens is 242 g/mol. The summed E-state index contributed by atoms with van der Waals surface area (Å²) in [4.78, 5) is 11.3. The first-order valence-corrected chi connectivity index (χ1v) is 5.78. The number of rotatable bonds is 6. The zero-order chi connectivity index (χ0) is 12.7. The average Bonchev–Trinajstić information content (AvgIpc) is 2.31. The summed E-state index contributed by atoms with van der Waals surface area (Å²) in [6, 6.07) is 5.31. The molecule has 17 heavy (non-hydrogen) atoms. The maximum absolute atomic E-state index is 11.3. The number of hydrogen-bond donors (Lipinski definition) is 2. The van der Waals surface area contributed by atoms with Gasteiger partial charge in [0.1, 0.15) is 5.75 Å². The van der Waals surface area contributed by atoms with Crippen molar-refractivity contribution >= 4 is 17.5 Å². The van der Waals surface area contributed by atoms with E-state index >= 15 is 0 Å². The maximum Gasteiger partial charge on any atom is 0.257 e. The molecule has 0 aliphatic carbocycles. The zero-order valence-corrected chi connectivity index (χ0v) is 10.5. The van der Waals surface area contributed by atoms with Crippen molar-refractivity contribution in [1.29, 1.82) is 0 Å². The summed E-state index contributed by atoms with van der Waals surface area (Å²) in [5, 5.41) is 11.8. The van der Waals surface area contributed by atoms with Crippen LogP contribution in [0.2, 0.25) is 5.02 Å². The molecule has 0 radical (unpaired) electrons. The van der Waals surface area contributed by atoms with Gasteiger partial charge in [-0.15, -0.1) is 0 Å². The molecule has 4 nitrogen and oxygen atoms in total. The molecule has 0 fully saturated rings. The largest absolute Gasteiger partial charge is 0.483 e. The molecule has 0 spiro atoms. The topological polar surface area (TPSA) is 58.6 Å². The maximum atomic E-state index is 11.3. The Labute approximate surface area is 106 Å². The van der Waals surface area contributed by atoms with E-state index < -0.39 is 0 Å². The summed E-state index contributed by atoms with van der Waals surface area (Å²) in [6.45, 7) is 2.30. The van der Waals surface area contributed by atoms with Crippen molar-refractivity contribution in [2.75, 3.05) is 19.8 Å². The summed E-state index contributed by atoms with van der Waals surface area (Å²) < 4.78 is 5.35. The Hall–Kier alpha value is -1.26. The lowest BCUT2D eigenvalue weighted by Crippen LogP contribution is -2.30. The van der Waals surface area contributed by atoms with Crippen LogP contribution in [-0.4, -0.2) is 30.8 Å². The average molecular weight is 258 g/mol. The quantitative estimate of drug-likeness (QED) is 0.760. The summed E-state index contributed by atoms with van der Waals surface area (Å²) in [5.41, 5.74) is 0.817. The number of amides is 1. The van der Waals surface area contributed by atoms with Gasteiger partial charge in [0.25, 0.3) is 5.91 Å². The Morgan fingerprint density at radius 1 is 1.53 bits per heavy atom. The van der Waals surface area contributed by atoms with E-state index in [1.54, 1.807) is 18.2 Å². The fourth-order valence-electron chi connectivity index (χ4n) is 1.25. The molecule has 0 heterocycles. The minimum Gasteiger partial charge on any atom is -0.483 e. The van der Waals surface area contributed by atoms with Crippen LogP contribution < -0.4 is 10.1 Å². The molecule has 94 valence electrons. The van der Waals surface area contributed by atoms with E-state index in [-0.39, 0.29) is 19.1 Å². The molecule has 0 saturated heterocycles. The zero-order valence-electron chi connectivity index (χ0n) is 9.70. The Morgan fingerprint density at radius 3 is 3.00 bits per heavy atom. The lowest BCUT2D eigenvalue weighted by atomic mass is 10.2. The van der Waals surface area contributed by atoms with E-state index in [0.717, 1.165) is 5.56 Å². The van der Waals surface area contributed by atoms with E-state index in [0.29, 0.717) is 23.7 Å². The van der Waals surface area contributed by atoms with E-state index in [9.17, 15) is 4.79 Å². The van der Waals surface area contributed by atoms with Gasteiger partial charge in [-0.2, -0.15) is 0 Å². The molecule has 0 saturated carbocycles. The van der Waals surface area contributed by atoms with Crippen LogP contribution in [0.5, 0.6) is 5.75 Å². The smallest absolute Gasteiger partial charge is 0.257 e. The van der Waals surface area contributed by atoms with Gasteiger partial charge in [-0.1, -0.05) is 17.7 Å². The third-order valence-corrected chi connectivity index (χ3v) is 2.64. The fourth-order valence-corrected chi connectivity index (χ4v) is 1.41. The molecule has 0 aliphatic heterocycles. The van der Waals surface area contributed by atoms with Crippen LogP contribution in [0.3, 0.4) is 0 Å². The monoisotopic (exact) mass is 257 g/mol. The molecule has 0 aromatic heterocycles. The predicted molar refractivity (Wildman–Crippen MR) is 66.4 cm³/mol. The number of aliphatic hydroxyl groups excluding tert-OH is 1. The third kappa shape index (κ3) is 4.63. The number of carbonyl (C=O) groups is 1. The molecule has 0 bridgehead atoms. The lowest BCUT2D eigenvalue weighted by molar-refractivity contribution is -0.123. The standard InChI is InChI=1S/C12H16ClNO3/c1-9-10(13)4-2-5-11(9)17-8-12(16)14-6-3-7-15/h2,4-5,15H,3,6-8H2,1H3,(H,14,16). The van der Waals surface area contributed by atoms with Gasteiger partial charge in [-0.3, -0.25) is 4.79 Å². The molecule has 1 aromatic carbocycles. The highest BCUT2D eigenvalue weighted by atomic mass is 35.5. The summed E-state index contributed by atoms with van der Waals surface area (Å²) >= 11 is 5.92. The molecule has 0 atom stereocenters. The summed E-state index contributed by atoms with van der Waals surface area (Å²) in [7, 11) is 0. The van der Waals surface area contributed by atoms with E-state index in [4.69, 9.17) is 21.4 Å². The fraction of sp³-hybridized carbons (Fsp3) is 0.417. The first-order chi connectivity index (χ1) is 8.15. The highest BCUT2D eigenvalue weighted by Crippen LogP contribution is 2.24. The van der Waals surface area contributed by atoms with E-state index in [2.05, 4.69) is 5.32 Å². The molecule has 2 N–H and O–H groups in total. The van der Waals surface area contributed by atoms with Crippen LogP contribution in [0, 0.1) is 6.92 Å². The second-order valence-corrected chi connectivity index (χ2v) is 3.99. The Kier molecular flexibility index (Phi) is 5.80. The van der Waals surface area contributed by atoms with Gasteiger partial charge < -0.3 is 15.2 Å². The number of aliphatic hydroxyl groups is 1. The van der Waals surface area contributed by atoms with Crippen molar-refractivity contribution in [3.63, 3.8) is 0 Å². The van der Waals surface area contributed by atoms with Crippen molar-refractivity contribution in [2.24, 2.45) is 0 Å². The summed E-state index contributed by atoms with van der Waals surface area (Å²) in [6.07, 6.45) is 0.544. The van der Waals surface area contributed by atoms with Crippen molar-refractivity contribution in [2.45, 2.75) is 13.3 Å². The van der Waals surface area contributed by atoms with Crippen molar-refractivity contribution < 1.29 is 14.6 Å². The predicted octanol–water partition coefficient (Wildman–Crippen LogP) is 1.53. The van der Waals surface area contributed by atoms with Crippen molar-refractivity contribution in [3.05, 3.63) is 28.8 Å². The van der Waals surface area contributed by atoms with Crippen LogP contribution in [-0.2, 0) is 4.79 Å². The second-order valence-electron chi connectivity index (χ2n) is 3.58. The molecule has 5 heteroatoms. The molecule has 1 rings (SSSR count). The van der Waals surface area contributed by atoms with E-state index in [1.807, 2.05) is 6.92 Å². The van der Waals surface area contributed by atoms with Gasteiger partial charge in [0.15, 0.2) is 6.61 Å². The number of nitrogens with one attached hydrogen (secondary N) is 1. The number of benzene rings is 1. The van der Waals surface area contributed by atoms with Gasteiger partial charge in [0.2, 0.25) is 0 Å². The van der Waals surface area contributed by atoms with Crippen molar-refractivity contribution in [3.8, 4) is 5.75 Å². The second kappa shape index (κ2) is 7.14. The minimum atomic E-state index is -0.210. The third-order valence-electron chi connectivity index (χ3n) is 2.23. The highest BCUT2D eigenvalue weighted by molar-refractivity contribution is 6.31. The van der Waals surface area contributed by atoms with Crippen LogP contribution in [0.1, 0.15) is 12.0 Å². The molecular formula is C12H16ClNO3. The van der Waals surface area contributed by atoms with Gasteiger partial charge in [-0.25, -0.2) is 0 Å². The number of carbonyl (C=O) groups excluding carboxylic acids is 1. The molecule has 0 aliphatic rings. The number of halogens is 1. The Balaban J connectivity index is 2.39. The minimum absolute atomic E-state index is 0.0490. The van der Waals surface area contributed by atoms with E-state index in [1.165, 1.54) is 0 Å².